The van der Waals surface area contributed by atoms with E-state index in [9.17, 15) is 4.79 Å². The van der Waals surface area contributed by atoms with Crippen molar-refractivity contribution < 1.29 is 4.79 Å². The Balaban J connectivity index is 2.93. The zero-order valence-corrected chi connectivity index (χ0v) is 13.4. The third-order valence-electron chi connectivity index (χ3n) is 3.36. The molecule has 1 unspecified atom stereocenters. The molecule has 0 aliphatic rings. The van der Waals surface area contributed by atoms with E-state index < -0.39 is 0 Å². The number of amides is 1. The molecule has 0 fully saturated rings. The molecule has 0 aliphatic carbocycles. The summed E-state index contributed by atoms with van der Waals surface area (Å²) in [7, 11) is 0. The van der Waals surface area contributed by atoms with E-state index in [1.807, 2.05) is 24.3 Å². The molecule has 0 saturated heterocycles. The fraction of sp³-hybridized carbons (Fsp3) is 0.588. The maximum atomic E-state index is 12.5. The van der Waals surface area contributed by atoms with Crippen LogP contribution in [0.4, 0.5) is 0 Å². The van der Waals surface area contributed by atoms with Crippen molar-refractivity contribution in [3.8, 4) is 0 Å². The van der Waals surface area contributed by atoms with Crippen molar-refractivity contribution in [3.63, 3.8) is 0 Å². The largest absolute Gasteiger partial charge is 0.348 e. The zero-order chi connectivity index (χ0) is 15.3. The van der Waals surface area contributed by atoms with Crippen molar-refractivity contribution in [1.29, 1.82) is 0 Å². The molecule has 0 radical (unpaired) electrons. The highest BCUT2D eigenvalue weighted by atomic mass is 16.1. The van der Waals surface area contributed by atoms with Crippen LogP contribution in [0.3, 0.4) is 0 Å². The van der Waals surface area contributed by atoms with Gasteiger partial charge in [-0.3, -0.25) is 4.79 Å². The van der Waals surface area contributed by atoms with Crippen molar-refractivity contribution in [3.05, 3.63) is 35.4 Å². The first-order chi connectivity index (χ1) is 9.25. The quantitative estimate of drug-likeness (QED) is 0.868. The van der Waals surface area contributed by atoms with E-state index in [-0.39, 0.29) is 17.4 Å². The SMILES string of the molecule is CC(C)CC(CN)NC(=O)c1ccccc1C(C)(C)C. The Morgan fingerprint density at radius 1 is 1.25 bits per heavy atom. The fourth-order valence-corrected chi connectivity index (χ4v) is 2.38. The van der Waals surface area contributed by atoms with Gasteiger partial charge in [0.25, 0.3) is 5.91 Å². The second kappa shape index (κ2) is 6.89. The van der Waals surface area contributed by atoms with E-state index in [1.54, 1.807) is 0 Å². The molecule has 0 aromatic heterocycles. The molecule has 0 spiro atoms. The lowest BCUT2D eigenvalue weighted by Crippen LogP contribution is -2.41. The van der Waals surface area contributed by atoms with Crippen LogP contribution in [0.25, 0.3) is 0 Å². The Kier molecular flexibility index (Phi) is 5.75. The highest BCUT2D eigenvalue weighted by molar-refractivity contribution is 5.96. The number of nitrogens with one attached hydrogen (secondary N) is 1. The summed E-state index contributed by atoms with van der Waals surface area (Å²) in [4.78, 5) is 12.5. The van der Waals surface area contributed by atoms with Crippen LogP contribution in [0, 0.1) is 5.92 Å². The normalized spacial score (nSPS) is 13.3. The molecule has 3 N–H and O–H groups in total. The van der Waals surface area contributed by atoms with Gasteiger partial charge in [-0.05, 0) is 29.4 Å². The Labute approximate surface area is 122 Å². The Morgan fingerprint density at radius 2 is 1.85 bits per heavy atom. The van der Waals surface area contributed by atoms with Crippen LogP contribution in [-0.2, 0) is 5.41 Å². The molecule has 112 valence electrons. The van der Waals surface area contributed by atoms with Gasteiger partial charge in [0.1, 0.15) is 0 Å². The maximum Gasteiger partial charge on any atom is 0.251 e. The third-order valence-corrected chi connectivity index (χ3v) is 3.36. The number of hydrogen-bond acceptors (Lipinski definition) is 2. The van der Waals surface area contributed by atoms with E-state index in [4.69, 9.17) is 5.73 Å². The summed E-state index contributed by atoms with van der Waals surface area (Å²) in [5, 5.41) is 3.06. The lowest BCUT2D eigenvalue weighted by molar-refractivity contribution is 0.0931. The monoisotopic (exact) mass is 276 g/mol. The van der Waals surface area contributed by atoms with E-state index >= 15 is 0 Å². The van der Waals surface area contributed by atoms with Gasteiger partial charge in [0.15, 0.2) is 0 Å². The third kappa shape index (κ3) is 4.64. The van der Waals surface area contributed by atoms with Crippen molar-refractivity contribution in [2.45, 2.75) is 52.5 Å². The molecular formula is C17H28N2O. The van der Waals surface area contributed by atoms with Gasteiger partial charge in [-0.25, -0.2) is 0 Å². The smallest absolute Gasteiger partial charge is 0.251 e. The lowest BCUT2D eigenvalue weighted by atomic mass is 9.83. The van der Waals surface area contributed by atoms with E-state index in [0.29, 0.717) is 12.5 Å². The van der Waals surface area contributed by atoms with Gasteiger partial charge in [0.2, 0.25) is 0 Å². The van der Waals surface area contributed by atoms with Crippen LogP contribution in [0.5, 0.6) is 0 Å². The van der Waals surface area contributed by atoms with Crippen LogP contribution in [-0.4, -0.2) is 18.5 Å². The number of carbonyl (C=O) groups is 1. The zero-order valence-electron chi connectivity index (χ0n) is 13.4. The summed E-state index contributed by atoms with van der Waals surface area (Å²) in [6.45, 7) is 11.1. The molecule has 0 bridgehead atoms. The molecule has 3 heteroatoms. The summed E-state index contributed by atoms with van der Waals surface area (Å²) in [6, 6.07) is 7.83. The second-order valence-corrected chi connectivity index (χ2v) is 6.83. The van der Waals surface area contributed by atoms with Crippen molar-refractivity contribution >= 4 is 5.91 Å². The van der Waals surface area contributed by atoms with Gasteiger partial charge in [-0.1, -0.05) is 52.8 Å². The molecule has 1 aromatic rings. The maximum absolute atomic E-state index is 12.5. The van der Waals surface area contributed by atoms with Crippen LogP contribution in [0.15, 0.2) is 24.3 Å². The summed E-state index contributed by atoms with van der Waals surface area (Å²) < 4.78 is 0. The molecule has 3 nitrogen and oxygen atoms in total. The van der Waals surface area contributed by atoms with Gasteiger partial charge in [-0.2, -0.15) is 0 Å². The van der Waals surface area contributed by atoms with Gasteiger partial charge in [0.05, 0.1) is 0 Å². The minimum atomic E-state index is -0.0514. The molecule has 0 heterocycles. The highest BCUT2D eigenvalue weighted by Gasteiger charge is 2.22. The van der Waals surface area contributed by atoms with Crippen LogP contribution >= 0.6 is 0 Å². The predicted octanol–water partition coefficient (Wildman–Crippen LogP) is 3.09. The first kappa shape index (κ1) is 16.7. The Bertz CT molecular complexity index is 447. The van der Waals surface area contributed by atoms with Gasteiger partial charge in [0, 0.05) is 18.2 Å². The minimum Gasteiger partial charge on any atom is -0.348 e. The van der Waals surface area contributed by atoms with Gasteiger partial charge < -0.3 is 11.1 Å². The highest BCUT2D eigenvalue weighted by Crippen LogP contribution is 2.25. The Morgan fingerprint density at radius 3 is 2.35 bits per heavy atom. The lowest BCUT2D eigenvalue weighted by Gasteiger charge is -2.24. The van der Waals surface area contributed by atoms with E-state index in [0.717, 1.165) is 17.5 Å². The molecule has 0 aliphatic heterocycles. The van der Waals surface area contributed by atoms with Crippen LogP contribution in [0.1, 0.15) is 57.0 Å². The van der Waals surface area contributed by atoms with Crippen LogP contribution in [0.2, 0.25) is 0 Å². The number of rotatable bonds is 5. The van der Waals surface area contributed by atoms with Crippen molar-refractivity contribution in [2.75, 3.05) is 6.54 Å². The van der Waals surface area contributed by atoms with Gasteiger partial charge >= 0.3 is 0 Å². The molecule has 20 heavy (non-hydrogen) atoms. The first-order valence-electron chi connectivity index (χ1n) is 7.36. The average molecular weight is 276 g/mol. The standard InChI is InChI=1S/C17H28N2O/c1-12(2)10-13(11-18)19-16(20)14-8-6-7-9-15(14)17(3,4)5/h6-9,12-13H,10-11,18H2,1-5H3,(H,19,20). The van der Waals surface area contributed by atoms with E-state index in [2.05, 4.69) is 39.9 Å². The average Bonchev–Trinajstić information content (AvgIpc) is 2.36. The molecule has 1 rings (SSSR count). The minimum absolute atomic E-state index is 0.0216. The topological polar surface area (TPSA) is 55.1 Å². The number of benzene rings is 1. The summed E-state index contributed by atoms with van der Waals surface area (Å²) in [6.07, 6.45) is 0.903. The molecule has 1 atom stereocenters. The number of hydrogen-bond donors (Lipinski definition) is 2. The molecule has 1 amide bonds. The number of carbonyl (C=O) groups excluding carboxylic acids is 1. The first-order valence-corrected chi connectivity index (χ1v) is 7.36. The van der Waals surface area contributed by atoms with Gasteiger partial charge in [-0.15, -0.1) is 0 Å². The van der Waals surface area contributed by atoms with Crippen molar-refractivity contribution in [2.24, 2.45) is 11.7 Å². The summed E-state index contributed by atoms with van der Waals surface area (Å²) >= 11 is 0. The van der Waals surface area contributed by atoms with Crippen LogP contribution < -0.4 is 11.1 Å². The molecular weight excluding hydrogens is 248 g/mol. The summed E-state index contributed by atoms with van der Waals surface area (Å²) in [5.74, 6) is 0.494. The number of nitrogens with two attached hydrogens (primary N) is 1. The summed E-state index contributed by atoms with van der Waals surface area (Å²) in [5.41, 5.74) is 7.52. The Hall–Kier alpha value is -1.35. The van der Waals surface area contributed by atoms with E-state index in [1.165, 1.54) is 0 Å². The van der Waals surface area contributed by atoms with Crippen molar-refractivity contribution in [1.82, 2.24) is 5.32 Å². The fourth-order valence-electron chi connectivity index (χ4n) is 2.38. The predicted molar refractivity (Wildman–Crippen MR) is 84.9 cm³/mol. The molecule has 1 aromatic carbocycles. The molecule has 0 saturated carbocycles. The second-order valence-electron chi connectivity index (χ2n) is 6.83.